The summed E-state index contributed by atoms with van der Waals surface area (Å²) >= 11 is 0. The average molecular weight is 358 g/mol. The Morgan fingerprint density at radius 2 is 1.62 bits per heavy atom. The second kappa shape index (κ2) is 13.2. The lowest BCUT2D eigenvalue weighted by Gasteiger charge is -2.27. The van der Waals surface area contributed by atoms with Crippen LogP contribution in [-0.2, 0) is 4.79 Å². The van der Waals surface area contributed by atoms with Gasteiger partial charge in [0.25, 0.3) is 0 Å². The van der Waals surface area contributed by atoms with E-state index in [9.17, 15) is 10.1 Å². The van der Waals surface area contributed by atoms with Gasteiger partial charge in [0.1, 0.15) is 12.1 Å². The monoisotopic (exact) mass is 357 g/mol. The number of para-hydroxylation sites is 1. The number of hydrogen-bond donors (Lipinski definition) is 1. The van der Waals surface area contributed by atoms with Crippen molar-refractivity contribution in [1.29, 1.82) is 5.26 Å². The summed E-state index contributed by atoms with van der Waals surface area (Å²) in [6.45, 7) is 7.95. The van der Waals surface area contributed by atoms with Crippen LogP contribution < -0.4 is 5.32 Å². The van der Waals surface area contributed by atoms with Gasteiger partial charge in [-0.3, -0.25) is 4.79 Å². The predicted octanol–water partition coefficient (Wildman–Crippen LogP) is 5.35. The van der Waals surface area contributed by atoms with Gasteiger partial charge in [-0.15, -0.1) is 0 Å². The zero-order chi connectivity index (χ0) is 19.2. The summed E-state index contributed by atoms with van der Waals surface area (Å²) in [6.07, 6.45) is 9.33. The Balaban J connectivity index is 2.66. The fraction of sp³-hybridized carbons (Fsp3) is 0.636. The molecule has 1 amide bonds. The van der Waals surface area contributed by atoms with Crippen LogP contribution in [0.2, 0.25) is 0 Å². The maximum Gasteiger partial charge on any atom is 0.244 e. The summed E-state index contributed by atoms with van der Waals surface area (Å²) in [4.78, 5) is 15.0. The number of nitriles is 1. The average Bonchev–Trinajstić information content (AvgIpc) is 2.66. The molecule has 1 N–H and O–H groups in total. The van der Waals surface area contributed by atoms with E-state index >= 15 is 0 Å². The number of anilines is 1. The SMILES string of the molecule is CCCCCCN(CCCCCC)C(=O)[C@H](C)Nc1ccccc1C#N. The highest BCUT2D eigenvalue weighted by Crippen LogP contribution is 2.16. The van der Waals surface area contributed by atoms with E-state index in [0.29, 0.717) is 5.56 Å². The second-order valence-corrected chi connectivity index (χ2v) is 6.97. The van der Waals surface area contributed by atoms with Gasteiger partial charge >= 0.3 is 0 Å². The van der Waals surface area contributed by atoms with E-state index in [-0.39, 0.29) is 11.9 Å². The fourth-order valence-electron chi connectivity index (χ4n) is 3.07. The first-order valence-electron chi connectivity index (χ1n) is 10.2. The van der Waals surface area contributed by atoms with Gasteiger partial charge in [-0.25, -0.2) is 0 Å². The van der Waals surface area contributed by atoms with Gasteiger partial charge in [0.15, 0.2) is 0 Å². The third-order valence-electron chi connectivity index (χ3n) is 4.66. The molecule has 4 nitrogen and oxygen atoms in total. The molecule has 0 aliphatic carbocycles. The number of nitrogens with one attached hydrogen (secondary N) is 1. The number of hydrogen-bond acceptors (Lipinski definition) is 3. The molecule has 0 aromatic heterocycles. The van der Waals surface area contributed by atoms with E-state index in [1.54, 1.807) is 6.07 Å². The van der Waals surface area contributed by atoms with Crippen molar-refractivity contribution in [2.75, 3.05) is 18.4 Å². The minimum absolute atomic E-state index is 0.130. The molecule has 1 atom stereocenters. The summed E-state index contributed by atoms with van der Waals surface area (Å²) in [6, 6.07) is 9.19. The molecular weight excluding hydrogens is 322 g/mol. The van der Waals surface area contributed by atoms with Crippen molar-refractivity contribution in [1.82, 2.24) is 4.90 Å². The van der Waals surface area contributed by atoms with Gasteiger partial charge < -0.3 is 10.2 Å². The van der Waals surface area contributed by atoms with Crippen molar-refractivity contribution in [2.45, 2.75) is 78.2 Å². The minimum atomic E-state index is -0.332. The van der Waals surface area contributed by atoms with Gasteiger partial charge in [-0.1, -0.05) is 64.5 Å². The summed E-state index contributed by atoms with van der Waals surface area (Å²) in [5.74, 6) is 0.130. The second-order valence-electron chi connectivity index (χ2n) is 6.97. The maximum absolute atomic E-state index is 13.0. The Kier molecular flexibility index (Phi) is 11.2. The number of amides is 1. The molecular formula is C22H35N3O. The summed E-state index contributed by atoms with van der Waals surface area (Å²) in [7, 11) is 0. The first-order chi connectivity index (χ1) is 12.6. The quantitative estimate of drug-likeness (QED) is 0.484. The summed E-state index contributed by atoms with van der Waals surface area (Å²) < 4.78 is 0. The topological polar surface area (TPSA) is 56.1 Å². The zero-order valence-electron chi connectivity index (χ0n) is 16.8. The van der Waals surface area contributed by atoms with E-state index in [2.05, 4.69) is 25.2 Å². The van der Waals surface area contributed by atoms with Gasteiger partial charge in [-0.05, 0) is 31.9 Å². The molecule has 0 fully saturated rings. The normalized spacial score (nSPS) is 11.6. The largest absolute Gasteiger partial charge is 0.373 e. The summed E-state index contributed by atoms with van der Waals surface area (Å²) in [5.41, 5.74) is 1.30. The summed E-state index contributed by atoms with van der Waals surface area (Å²) in [5, 5.41) is 12.5. The Morgan fingerprint density at radius 1 is 1.04 bits per heavy atom. The van der Waals surface area contributed by atoms with Crippen LogP contribution in [0.3, 0.4) is 0 Å². The first-order valence-corrected chi connectivity index (χ1v) is 10.2. The number of carbonyl (C=O) groups excluding carboxylic acids is 1. The van der Waals surface area contributed by atoms with Crippen molar-refractivity contribution in [3.63, 3.8) is 0 Å². The van der Waals surface area contributed by atoms with Crippen molar-refractivity contribution in [2.24, 2.45) is 0 Å². The van der Waals surface area contributed by atoms with E-state index < -0.39 is 0 Å². The van der Waals surface area contributed by atoms with Crippen LogP contribution in [0.25, 0.3) is 0 Å². The molecule has 144 valence electrons. The van der Waals surface area contributed by atoms with Crippen LogP contribution in [0.4, 0.5) is 5.69 Å². The molecule has 1 aromatic carbocycles. The fourth-order valence-corrected chi connectivity index (χ4v) is 3.07. The van der Waals surface area contributed by atoms with Crippen LogP contribution >= 0.6 is 0 Å². The van der Waals surface area contributed by atoms with Gasteiger partial charge in [0, 0.05) is 13.1 Å². The van der Waals surface area contributed by atoms with Crippen LogP contribution in [0.15, 0.2) is 24.3 Å². The van der Waals surface area contributed by atoms with Crippen LogP contribution in [0, 0.1) is 11.3 Å². The van der Waals surface area contributed by atoms with Crippen molar-refractivity contribution in [3.05, 3.63) is 29.8 Å². The zero-order valence-corrected chi connectivity index (χ0v) is 16.8. The molecule has 0 aliphatic rings. The number of rotatable bonds is 13. The number of nitrogens with zero attached hydrogens (tertiary/aromatic N) is 2. The Hall–Kier alpha value is -2.02. The number of benzene rings is 1. The molecule has 0 aliphatic heterocycles. The van der Waals surface area contributed by atoms with E-state index in [4.69, 9.17) is 0 Å². The first kappa shape index (κ1) is 22.0. The maximum atomic E-state index is 13.0. The molecule has 0 saturated heterocycles. The van der Waals surface area contributed by atoms with E-state index in [1.165, 1.54) is 38.5 Å². The molecule has 0 radical (unpaired) electrons. The Morgan fingerprint density at radius 3 is 2.15 bits per heavy atom. The van der Waals surface area contributed by atoms with Crippen LogP contribution in [0.5, 0.6) is 0 Å². The molecule has 4 heteroatoms. The van der Waals surface area contributed by atoms with Crippen LogP contribution in [-0.4, -0.2) is 29.9 Å². The standard InChI is InChI=1S/C22H35N3O/c1-4-6-8-12-16-25(17-13-9-7-5-2)22(26)19(3)24-21-15-11-10-14-20(21)18-23/h10-11,14-15,19,24H,4-9,12-13,16-17H2,1-3H3/t19-/m0/s1. The van der Waals surface area contributed by atoms with Crippen molar-refractivity contribution < 1.29 is 4.79 Å². The highest BCUT2D eigenvalue weighted by molar-refractivity contribution is 5.84. The highest BCUT2D eigenvalue weighted by atomic mass is 16.2. The molecule has 0 spiro atoms. The van der Waals surface area contributed by atoms with Gasteiger partial charge in [-0.2, -0.15) is 5.26 Å². The molecule has 0 saturated carbocycles. The molecule has 1 aromatic rings. The highest BCUT2D eigenvalue weighted by Gasteiger charge is 2.20. The van der Waals surface area contributed by atoms with E-state index in [1.807, 2.05) is 30.0 Å². The smallest absolute Gasteiger partial charge is 0.244 e. The third-order valence-corrected chi connectivity index (χ3v) is 4.66. The molecule has 26 heavy (non-hydrogen) atoms. The van der Waals surface area contributed by atoms with Gasteiger partial charge in [0.2, 0.25) is 5.91 Å². The predicted molar refractivity (Wildman–Crippen MR) is 109 cm³/mol. The Labute approximate surface area is 159 Å². The molecule has 0 bridgehead atoms. The molecule has 1 rings (SSSR count). The molecule has 0 unspecified atom stereocenters. The van der Waals surface area contributed by atoms with Crippen molar-refractivity contribution in [3.8, 4) is 6.07 Å². The van der Waals surface area contributed by atoms with Crippen molar-refractivity contribution >= 4 is 11.6 Å². The lowest BCUT2D eigenvalue weighted by molar-refractivity contribution is -0.131. The number of carbonyl (C=O) groups is 1. The van der Waals surface area contributed by atoms with Crippen LogP contribution in [0.1, 0.15) is 77.7 Å². The molecule has 0 heterocycles. The lowest BCUT2D eigenvalue weighted by Crippen LogP contribution is -2.42. The minimum Gasteiger partial charge on any atom is -0.373 e. The Bertz CT molecular complexity index is 553. The lowest BCUT2D eigenvalue weighted by atomic mass is 10.1. The third kappa shape index (κ3) is 7.91. The van der Waals surface area contributed by atoms with E-state index in [0.717, 1.165) is 31.6 Å². The van der Waals surface area contributed by atoms with Gasteiger partial charge in [0.05, 0.1) is 11.3 Å². The number of unbranched alkanes of at least 4 members (excludes halogenated alkanes) is 6.